The number of aromatic amines is 1. The normalized spacial score (nSPS) is 10.9. The van der Waals surface area contributed by atoms with E-state index in [2.05, 4.69) is 26.7 Å². The van der Waals surface area contributed by atoms with Crippen molar-refractivity contribution in [3.63, 3.8) is 0 Å². The van der Waals surface area contributed by atoms with Gasteiger partial charge in [-0.15, -0.1) is 0 Å². The molecule has 0 amide bonds. The molecule has 0 saturated heterocycles. The summed E-state index contributed by atoms with van der Waals surface area (Å²) in [6.45, 7) is 0.771. The van der Waals surface area contributed by atoms with Gasteiger partial charge in [0.15, 0.2) is 5.95 Å². The van der Waals surface area contributed by atoms with E-state index in [1.807, 2.05) is 30.5 Å². The van der Waals surface area contributed by atoms with Crippen LogP contribution in [-0.4, -0.2) is 14.5 Å². The second-order valence-electron chi connectivity index (χ2n) is 4.11. The summed E-state index contributed by atoms with van der Waals surface area (Å²) in [5.41, 5.74) is 8.61. The Hall–Kier alpha value is -2.14. The molecule has 0 bridgehead atoms. The number of H-pyrrole nitrogens is 1. The van der Waals surface area contributed by atoms with Crippen molar-refractivity contribution in [1.82, 2.24) is 14.5 Å². The number of nitrogen functional groups attached to an aromatic ring is 1. The van der Waals surface area contributed by atoms with Gasteiger partial charge in [0, 0.05) is 12.7 Å². The van der Waals surface area contributed by atoms with E-state index in [4.69, 9.17) is 18.0 Å². The molecular weight excluding hydrogens is 244 g/mol. The summed E-state index contributed by atoms with van der Waals surface area (Å²) in [4.78, 5) is 7.12. The average molecular weight is 256 g/mol. The maximum absolute atomic E-state index is 5.64. The molecule has 3 rings (SSSR count). The first kappa shape index (κ1) is 11.0. The molecule has 0 saturated carbocycles. The van der Waals surface area contributed by atoms with Crippen LogP contribution in [0.1, 0.15) is 5.56 Å². The van der Waals surface area contributed by atoms with E-state index in [1.54, 1.807) is 0 Å². The SMILES string of the molecule is Nc1nc2ccn(Cc3ccccc3)c2c(=S)[nH]1. The number of nitrogens with one attached hydrogen (secondary N) is 1. The number of nitrogens with zero attached hydrogens (tertiary/aromatic N) is 2. The lowest BCUT2D eigenvalue weighted by Gasteiger charge is -2.05. The molecule has 2 aromatic heterocycles. The molecule has 18 heavy (non-hydrogen) atoms. The molecule has 0 radical (unpaired) electrons. The lowest BCUT2D eigenvalue weighted by molar-refractivity contribution is 0.833. The summed E-state index contributed by atoms with van der Waals surface area (Å²) in [7, 11) is 0. The van der Waals surface area contributed by atoms with Gasteiger partial charge in [-0.3, -0.25) is 0 Å². The summed E-state index contributed by atoms with van der Waals surface area (Å²) < 4.78 is 2.70. The first-order valence-electron chi connectivity index (χ1n) is 5.62. The van der Waals surface area contributed by atoms with Gasteiger partial charge in [0.25, 0.3) is 0 Å². The number of benzene rings is 1. The minimum atomic E-state index is 0.352. The van der Waals surface area contributed by atoms with Crippen LogP contribution in [0, 0.1) is 4.64 Å². The van der Waals surface area contributed by atoms with Crippen molar-refractivity contribution < 1.29 is 0 Å². The van der Waals surface area contributed by atoms with Crippen molar-refractivity contribution in [2.24, 2.45) is 0 Å². The Labute approximate surface area is 109 Å². The molecule has 0 unspecified atom stereocenters. The second kappa shape index (κ2) is 4.27. The number of hydrogen-bond donors (Lipinski definition) is 2. The first-order valence-corrected chi connectivity index (χ1v) is 6.03. The highest BCUT2D eigenvalue weighted by Crippen LogP contribution is 2.16. The fourth-order valence-corrected chi connectivity index (χ4v) is 2.37. The van der Waals surface area contributed by atoms with Crippen LogP contribution in [0.3, 0.4) is 0 Å². The Morgan fingerprint density at radius 2 is 2.00 bits per heavy atom. The Bertz CT molecular complexity index is 743. The molecule has 1 aromatic carbocycles. The van der Waals surface area contributed by atoms with E-state index in [1.165, 1.54) is 5.56 Å². The van der Waals surface area contributed by atoms with Crippen molar-refractivity contribution in [2.75, 3.05) is 5.73 Å². The second-order valence-corrected chi connectivity index (χ2v) is 4.52. The van der Waals surface area contributed by atoms with Gasteiger partial charge >= 0.3 is 0 Å². The summed E-state index contributed by atoms with van der Waals surface area (Å²) in [6, 6.07) is 12.2. The minimum absolute atomic E-state index is 0.352. The van der Waals surface area contributed by atoms with Crippen molar-refractivity contribution in [3.05, 3.63) is 52.8 Å². The summed E-state index contributed by atoms with van der Waals surface area (Å²) >= 11 is 5.30. The molecule has 0 spiro atoms. The Morgan fingerprint density at radius 3 is 2.78 bits per heavy atom. The smallest absolute Gasteiger partial charge is 0.199 e. The highest BCUT2D eigenvalue weighted by atomic mass is 32.1. The van der Waals surface area contributed by atoms with E-state index >= 15 is 0 Å². The zero-order chi connectivity index (χ0) is 12.5. The number of nitrogens with two attached hydrogens (primary N) is 1. The highest BCUT2D eigenvalue weighted by molar-refractivity contribution is 7.71. The predicted molar refractivity (Wildman–Crippen MR) is 74.9 cm³/mol. The van der Waals surface area contributed by atoms with Crippen molar-refractivity contribution in [1.29, 1.82) is 0 Å². The Balaban J connectivity index is 2.11. The first-order chi connectivity index (χ1) is 8.74. The number of fused-ring (bicyclic) bond motifs is 1. The van der Waals surface area contributed by atoms with Crippen LogP contribution in [0.2, 0.25) is 0 Å². The zero-order valence-corrected chi connectivity index (χ0v) is 10.4. The van der Waals surface area contributed by atoms with Gasteiger partial charge in [-0.2, -0.15) is 0 Å². The van der Waals surface area contributed by atoms with Crippen LogP contribution in [0.4, 0.5) is 5.95 Å². The maximum atomic E-state index is 5.64. The monoisotopic (exact) mass is 256 g/mol. The molecular formula is C13H12N4S. The number of anilines is 1. The minimum Gasteiger partial charge on any atom is -0.369 e. The van der Waals surface area contributed by atoms with Crippen LogP contribution in [-0.2, 0) is 6.54 Å². The molecule has 4 nitrogen and oxygen atoms in total. The third kappa shape index (κ3) is 1.89. The zero-order valence-electron chi connectivity index (χ0n) is 9.63. The molecule has 0 aliphatic carbocycles. The number of aromatic nitrogens is 3. The van der Waals surface area contributed by atoms with Crippen LogP contribution in [0.15, 0.2) is 42.6 Å². The molecule has 0 atom stereocenters. The van der Waals surface area contributed by atoms with Crippen LogP contribution >= 0.6 is 12.2 Å². The maximum Gasteiger partial charge on any atom is 0.199 e. The molecule has 3 N–H and O–H groups in total. The number of hydrogen-bond acceptors (Lipinski definition) is 3. The molecule has 0 aliphatic rings. The van der Waals surface area contributed by atoms with E-state index in [0.29, 0.717) is 10.6 Å². The van der Waals surface area contributed by atoms with Gasteiger partial charge in [-0.1, -0.05) is 42.5 Å². The lowest BCUT2D eigenvalue weighted by Crippen LogP contribution is -2.01. The van der Waals surface area contributed by atoms with Gasteiger partial charge in [0.1, 0.15) is 10.2 Å². The van der Waals surface area contributed by atoms with Gasteiger partial charge < -0.3 is 15.3 Å². The van der Waals surface area contributed by atoms with E-state index in [-0.39, 0.29) is 0 Å². The van der Waals surface area contributed by atoms with Crippen LogP contribution < -0.4 is 5.73 Å². The van der Waals surface area contributed by atoms with Gasteiger partial charge in [0.05, 0.1) is 5.52 Å². The molecule has 0 aliphatic heterocycles. The van der Waals surface area contributed by atoms with Crippen molar-refractivity contribution >= 4 is 29.2 Å². The Kier molecular flexibility index (Phi) is 2.60. The van der Waals surface area contributed by atoms with Crippen molar-refractivity contribution in [2.45, 2.75) is 6.54 Å². The molecule has 3 aromatic rings. The van der Waals surface area contributed by atoms with E-state index in [9.17, 15) is 0 Å². The largest absolute Gasteiger partial charge is 0.369 e. The van der Waals surface area contributed by atoms with Crippen LogP contribution in [0.5, 0.6) is 0 Å². The van der Waals surface area contributed by atoms with E-state index in [0.717, 1.165) is 17.6 Å². The lowest BCUT2D eigenvalue weighted by atomic mass is 10.2. The molecule has 2 heterocycles. The Morgan fingerprint density at radius 1 is 1.22 bits per heavy atom. The summed E-state index contributed by atoms with van der Waals surface area (Å²) in [5, 5.41) is 0. The summed E-state index contributed by atoms with van der Waals surface area (Å²) in [5.74, 6) is 0.352. The molecule has 0 fully saturated rings. The predicted octanol–water partition coefficient (Wildman–Crippen LogP) is 2.72. The third-order valence-electron chi connectivity index (χ3n) is 2.84. The molecule has 5 heteroatoms. The average Bonchev–Trinajstić information content (AvgIpc) is 2.73. The third-order valence-corrected chi connectivity index (χ3v) is 3.13. The fourth-order valence-electron chi connectivity index (χ4n) is 2.04. The van der Waals surface area contributed by atoms with Gasteiger partial charge in [-0.05, 0) is 11.6 Å². The standard InChI is InChI=1S/C13H12N4S/c14-13-15-10-6-7-17(11(10)12(18)16-13)8-9-4-2-1-3-5-9/h1-7H,8H2,(H3,14,15,16,18). The van der Waals surface area contributed by atoms with E-state index < -0.39 is 0 Å². The van der Waals surface area contributed by atoms with Gasteiger partial charge in [-0.25, -0.2) is 4.98 Å². The molecule has 90 valence electrons. The summed E-state index contributed by atoms with van der Waals surface area (Å²) in [6.07, 6.45) is 1.98. The fraction of sp³-hybridized carbons (Fsp3) is 0.0769. The number of rotatable bonds is 2. The quantitative estimate of drug-likeness (QED) is 0.693. The van der Waals surface area contributed by atoms with Crippen LogP contribution in [0.25, 0.3) is 11.0 Å². The van der Waals surface area contributed by atoms with Crippen molar-refractivity contribution in [3.8, 4) is 0 Å². The van der Waals surface area contributed by atoms with Gasteiger partial charge in [0.2, 0.25) is 0 Å². The highest BCUT2D eigenvalue weighted by Gasteiger charge is 2.05. The topological polar surface area (TPSA) is 59.6 Å².